The number of aromatic hydroxyl groups is 2. The third-order valence-electron chi connectivity index (χ3n) is 3.68. The molecule has 1 aromatic rings. The summed E-state index contributed by atoms with van der Waals surface area (Å²) in [6.07, 6.45) is 3.34. The van der Waals surface area contributed by atoms with Crippen LogP contribution in [0.4, 0.5) is 0 Å². The molecule has 7 nitrogen and oxygen atoms in total. The number of ether oxygens (including phenoxy) is 1. The molecule has 3 rings (SSSR count). The van der Waals surface area contributed by atoms with Gasteiger partial charge in [0.1, 0.15) is 5.76 Å². The Labute approximate surface area is 130 Å². The Kier molecular flexibility index (Phi) is 3.42. The second kappa shape index (κ2) is 5.29. The number of aliphatic carboxylic acids is 1. The molecule has 0 fully saturated rings. The Morgan fingerprint density at radius 3 is 2.65 bits per heavy atom. The number of fused-ring (bicyclic) bond motifs is 1. The van der Waals surface area contributed by atoms with Crippen molar-refractivity contribution in [2.75, 3.05) is 0 Å². The van der Waals surface area contributed by atoms with Crippen LogP contribution in [0, 0.1) is 0 Å². The van der Waals surface area contributed by atoms with E-state index in [2.05, 4.69) is 0 Å². The molecule has 0 aromatic heterocycles. The number of hydrogen-bond acceptors (Lipinski definition) is 6. The predicted octanol–water partition coefficient (Wildman–Crippen LogP) is 0.968. The van der Waals surface area contributed by atoms with Crippen LogP contribution >= 0.6 is 0 Å². The number of phenols is 2. The highest BCUT2D eigenvalue weighted by molar-refractivity contribution is 5.98. The average molecular weight is 316 g/mol. The number of benzene rings is 1. The van der Waals surface area contributed by atoms with Gasteiger partial charge in [0.15, 0.2) is 23.4 Å². The van der Waals surface area contributed by atoms with Crippen LogP contribution in [-0.4, -0.2) is 38.3 Å². The van der Waals surface area contributed by atoms with Crippen molar-refractivity contribution in [1.29, 1.82) is 0 Å². The lowest BCUT2D eigenvalue weighted by Gasteiger charge is -2.31. The van der Waals surface area contributed by atoms with Gasteiger partial charge in [-0.1, -0.05) is 18.2 Å². The van der Waals surface area contributed by atoms with Crippen molar-refractivity contribution < 1.29 is 34.8 Å². The second-order valence-electron chi connectivity index (χ2n) is 5.09. The largest absolute Gasteiger partial charge is 0.504 e. The van der Waals surface area contributed by atoms with Crippen LogP contribution in [0.3, 0.4) is 0 Å². The van der Waals surface area contributed by atoms with Crippen LogP contribution in [0.15, 0.2) is 47.8 Å². The van der Waals surface area contributed by atoms with Crippen molar-refractivity contribution >= 4 is 11.8 Å². The lowest BCUT2D eigenvalue weighted by atomic mass is 9.83. The molecular formula is C16H12O7. The minimum absolute atomic E-state index is 0.0917. The molecule has 1 aromatic carbocycles. The summed E-state index contributed by atoms with van der Waals surface area (Å²) in [5.41, 5.74) is 0.815. The first-order chi connectivity index (χ1) is 10.9. The summed E-state index contributed by atoms with van der Waals surface area (Å²) in [7, 11) is 0. The van der Waals surface area contributed by atoms with E-state index in [0.717, 1.165) is 6.08 Å². The Bertz CT molecular complexity index is 801. The second-order valence-corrected chi connectivity index (χ2v) is 5.09. The lowest BCUT2D eigenvalue weighted by molar-refractivity contribution is -0.131. The van der Waals surface area contributed by atoms with Gasteiger partial charge in [0.2, 0.25) is 5.75 Å². The van der Waals surface area contributed by atoms with Gasteiger partial charge >= 0.3 is 5.97 Å². The molecule has 0 radical (unpaired) electrons. The molecular weight excluding hydrogens is 304 g/mol. The molecule has 0 spiro atoms. The fraction of sp³-hybridized carbons (Fsp3) is 0.125. The van der Waals surface area contributed by atoms with Crippen LogP contribution in [0.5, 0.6) is 17.2 Å². The van der Waals surface area contributed by atoms with Crippen molar-refractivity contribution in [3.63, 3.8) is 0 Å². The van der Waals surface area contributed by atoms with E-state index in [4.69, 9.17) is 9.84 Å². The first-order valence-corrected chi connectivity index (χ1v) is 6.68. The quantitative estimate of drug-likeness (QED) is 0.473. The normalized spacial score (nSPS) is 22.7. The van der Waals surface area contributed by atoms with Gasteiger partial charge in [-0.25, -0.2) is 4.79 Å². The Hall–Kier alpha value is -3.06. The van der Waals surface area contributed by atoms with E-state index in [0.29, 0.717) is 11.1 Å². The molecule has 23 heavy (non-hydrogen) atoms. The van der Waals surface area contributed by atoms with Crippen molar-refractivity contribution in [1.82, 2.24) is 0 Å². The maximum atomic E-state index is 11.6. The van der Waals surface area contributed by atoms with Crippen molar-refractivity contribution in [3.8, 4) is 17.2 Å². The number of phenolic OH excluding ortho intramolecular Hbond substituents is 2. The molecule has 2 aliphatic rings. The van der Waals surface area contributed by atoms with Gasteiger partial charge in [0, 0.05) is 23.1 Å². The van der Waals surface area contributed by atoms with Crippen LogP contribution in [0.2, 0.25) is 0 Å². The minimum Gasteiger partial charge on any atom is -0.504 e. The van der Waals surface area contributed by atoms with Gasteiger partial charge in [-0.05, 0) is 12.1 Å². The topological polar surface area (TPSA) is 124 Å². The van der Waals surface area contributed by atoms with Crippen LogP contribution in [0.1, 0.15) is 11.5 Å². The van der Waals surface area contributed by atoms with Crippen molar-refractivity contribution in [3.05, 3.63) is 53.3 Å². The maximum absolute atomic E-state index is 11.6. The summed E-state index contributed by atoms with van der Waals surface area (Å²) >= 11 is 0. The van der Waals surface area contributed by atoms with Crippen molar-refractivity contribution in [2.24, 2.45) is 0 Å². The van der Waals surface area contributed by atoms with Gasteiger partial charge in [-0.2, -0.15) is 0 Å². The molecule has 118 valence electrons. The number of aliphatic hydroxyl groups excluding tert-OH is 1. The summed E-state index contributed by atoms with van der Waals surface area (Å²) in [5, 5.41) is 38.4. The highest BCUT2D eigenvalue weighted by Gasteiger charge is 2.37. The summed E-state index contributed by atoms with van der Waals surface area (Å²) in [5.74, 6) is -3.60. The monoisotopic (exact) mass is 316 g/mol. The van der Waals surface area contributed by atoms with E-state index in [9.17, 15) is 24.9 Å². The molecule has 7 heteroatoms. The van der Waals surface area contributed by atoms with E-state index in [1.54, 1.807) is 0 Å². The van der Waals surface area contributed by atoms with Gasteiger partial charge in [0.25, 0.3) is 0 Å². The Morgan fingerprint density at radius 1 is 1.22 bits per heavy atom. The van der Waals surface area contributed by atoms with Crippen molar-refractivity contribution in [2.45, 2.75) is 12.0 Å². The summed E-state index contributed by atoms with van der Waals surface area (Å²) in [6, 6.07) is 2.72. The zero-order valence-electron chi connectivity index (χ0n) is 11.6. The molecule has 1 heterocycles. The fourth-order valence-electron chi connectivity index (χ4n) is 2.60. The number of hydrogen-bond donors (Lipinski definition) is 4. The van der Waals surface area contributed by atoms with Crippen LogP contribution < -0.4 is 4.74 Å². The Morgan fingerprint density at radius 2 is 1.96 bits per heavy atom. The molecule has 0 amide bonds. The Balaban J connectivity index is 2.20. The van der Waals surface area contributed by atoms with E-state index >= 15 is 0 Å². The highest BCUT2D eigenvalue weighted by Crippen LogP contribution is 2.49. The van der Waals surface area contributed by atoms with Gasteiger partial charge in [-0.15, -0.1) is 0 Å². The number of aliphatic hydroxyl groups is 1. The standard InChI is InChI=1S/C16H12O7/c17-10-4-1-8-7(3-6-12(19)20)9-2-5-11(18)14(22)16(9)23-15(8)13(10)21/h1-7,13,18,21-22H,(H,19,20). The molecule has 2 atom stereocenters. The molecule has 2 unspecified atom stereocenters. The first kappa shape index (κ1) is 14.9. The molecule has 0 bridgehead atoms. The average Bonchev–Trinajstić information content (AvgIpc) is 2.51. The maximum Gasteiger partial charge on any atom is 0.328 e. The molecule has 1 aliphatic carbocycles. The molecule has 0 saturated heterocycles. The van der Waals surface area contributed by atoms with E-state index in [1.807, 2.05) is 0 Å². The van der Waals surface area contributed by atoms with Crippen LogP contribution in [-0.2, 0) is 9.59 Å². The van der Waals surface area contributed by atoms with E-state index < -0.39 is 35.3 Å². The predicted molar refractivity (Wildman–Crippen MR) is 77.1 cm³/mol. The lowest BCUT2D eigenvalue weighted by Crippen LogP contribution is -2.31. The fourth-order valence-corrected chi connectivity index (χ4v) is 2.60. The first-order valence-electron chi connectivity index (χ1n) is 6.68. The summed E-state index contributed by atoms with van der Waals surface area (Å²) < 4.78 is 5.43. The zero-order valence-corrected chi connectivity index (χ0v) is 11.6. The SMILES string of the molecule is O=C(O)C=CC1C2=C(Oc3c1ccc(O)c3O)C(O)C(=O)C=C2. The van der Waals surface area contributed by atoms with Gasteiger partial charge in [-0.3, -0.25) is 4.79 Å². The summed E-state index contributed by atoms with van der Waals surface area (Å²) in [4.78, 5) is 22.4. The number of carbonyl (C=O) groups excluding carboxylic acids is 1. The molecule has 0 saturated carbocycles. The number of carboxylic acid groups (broad SMARTS) is 1. The van der Waals surface area contributed by atoms with E-state index in [-0.39, 0.29) is 11.5 Å². The smallest absolute Gasteiger partial charge is 0.328 e. The molecule has 4 N–H and O–H groups in total. The minimum atomic E-state index is -1.55. The highest BCUT2D eigenvalue weighted by atomic mass is 16.5. The number of carbonyl (C=O) groups is 2. The summed E-state index contributed by atoms with van der Waals surface area (Å²) in [6.45, 7) is 0. The third kappa shape index (κ3) is 2.36. The number of ketones is 1. The number of rotatable bonds is 2. The number of allylic oxidation sites excluding steroid dienone is 3. The van der Waals surface area contributed by atoms with E-state index in [1.165, 1.54) is 30.4 Å². The van der Waals surface area contributed by atoms with Gasteiger partial charge < -0.3 is 25.2 Å². The molecule has 1 aliphatic heterocycles. The van der Waals surface area contributed by atoms with Crippen LogP contribution in [0.25, 0.3) is 0 Å². The number of carboxylic acids is 1. The zero-order chi connectivity index (χ0) is 16.7. The van der Waals surface area contributed by atoms with Gasteiger partial charge in [0.05, 0.1) is 0 Å². The third-order valence-corrected chi connectivity index (χ3v) is 3.68.